The predicted molar refractivity (Wildman–Crippen MR) is 122 cm³/mol. The zero-order chi connectivity index (χ0) is 22.9. The van der Waals surface area contributed by atoms with E-state index in [4.69, 9.17) is 18.3 Å². The summed E-state index contributed by atoms with van der Waals surface area (Å²) in [5.41, 5.74) is 1.19. The van der Waals surface area contributed by atoms with Gasteiger partial charge in [-0.3, -0.25) is 9.59 Å². The first-order chi connectivity index (χ1) is 16.1. The molecule has 1 atom stereocenters. The Bertz CT molecular complexity index is 1370. The second-order valence-corrected chi connectivity index (χ2v) is 7.84. The van der Waals surface area contributed by atoms with E-state index in [1.165, 1.54) is 0 Å². The molecular weight excluding hydrogens is 422 g/mol. The van der Waals surface area contributed by atoms with E-state index in [1.54, 1.807) is 60.7 Å². The van der Waals surface area contributed by atoms with E-state index in [-0.39, 0.29) is 23.6 Å². The lowest BCUT2D eigenvalue weighted by molar-refractivity contribution is 0.0701. The van der Waals surface area contributed by atoms with E-state index in [1.807, 2.05) is 19.1 Å². The molecule has 0 aliphatic carbocycles. The van der Waals surface area contributed by atoms with Crippen molar-refractivity contribution in [2.75, 3.05) is 13.7 Å². The van der Waals surface area contributed by atoms with E-state index in [0.717, 1.165) is 12.0 Å². The average molecular weight is 445 g/mol. The molecule has 2 aromatic carbocycles. The van der Waals surface area contributed by atoms with E-state index in [2.05, 4.69) is 0 Å². The van der Waals surface area contributed by atoms with E-state index < -0.39 is 6.04 Å². The van der Waals surface area contributed by atoms with Crippen LogP contribution in [-0.4, -0.2) is 24.5 Å². The number of fused-ring (bicyclic) bond motifs is 2. The molecule has 1 amide bonds. The maximum Gasteiger partial charge on any atom is 0.291 e. The maximum absolute atomic E-state index is 13.5. The first-order valence-electron chi connectivity index (χ1n) is 10.8. The molecule has 2 aromatic heterocycles. The molecule has 168 valence electrons. The number of rotatable bonds is 7. The molecule has 0 saturated carbocycles. The second-order valence-electron chi connectivity index (χ2n) is 7.84. The molecule has 7 heteroatoms. The number of carbonyl (C=O) groups is 1. The molecule has 5 rings (SSSR count). The zero-order valence-electron chi connectivity index (χ0n) is 18.4. The third kappa shape index (κ3) is 3.55. The molecule has 0 N–H and O–H groups in total. The fourth-order valence-electron chi connectivity index (χ4n) is 4.23. The summed E-state index contributed by atoms with van der Waals surface area (Å²) >= 11 is 0. The van der Waals surface area contributed by atoms with Crippen molar-refractivity contribution in [2.24, 2.45) is 0 Å². The largest absolute Gasteiger partial charge is 0.493 e. The van der Waals surface area contributed by atoms with Crippen molar-refractivity contribution >= 4 is 16.9 Å². The van der Waals surface area contributed by atoms with Gasteiger partial charge in [0, 0.05) is 0 Å². The lowest BCUT2D eigenvalue weighted by Gasteiger charge is -2.25. The number of amides is 1. The van der Waals surface area contributed by atoms with Crippen LogP contribution in [0.5, 0.6) is 11.5 Å². The fourth-order valence-corrected chi connectivity index (χ4v) is 4.23. The second kappa shape index (κ2) is 8.50. The first kappa shape index (κ1) is 20.9. The number of ether oxygens (including phenoxy) is 2. The van der Waals surface area contributed by atoms with Crippen LogP contribution < -0.4 is 14.9 Å². The van der Waals surface area contributed by atoms with Gasteiger partial charge >= 0.3 is 0 Å². The van der Waals surface area contributed by atoms with Crippen LogP contribution in [0, 0.1) is 0 Å². The Morgan fingerprint density at radius 1 is 1.03 bits per heavy atom. The highest BCUT2D eigenvalue weighted by molar-refractivity contribution is 5.99. The maximum atomic E-state index is 13.5. The van der Waals surface area contributed by atoms with Crippen LogP contribution in [0.15, 0.2) is 74.5 Å². The molecule has 0 radical (unpaired) electrons. The first-order valence-corrected chi connectivity index (χ1v) is 10.8. The number of nitrogens with zero attached hydrogens (tertiary/aromatic N) is 1. The number of hydrogen-bond donors (Lipinski definition) is 0. The summed E-state index contributed by atoms with van der Waals surface area (Å²) in [5.74, 6) is 1.44. The summed E-state index contributed by atoms with van der Waals surface area (Å²) in [6.45, 7) is 2.77. The van der Waals surface area contributed by atoms with Gasteiger partial charge in [-0.1, -0.05) is 25.1 Å². The molecule has 0 saturated heterocycles. The average Bonchev–Trinajstić information content (AvgIpc) is 3.45. The van der Waals surface area contributed by atoms with Crippen LogP contribution in [0.25, 0.3) is 11.0 Å². The standard InChI is InChI=1S/C26H23NO6/c1-3-12-32-20-11-10-16(14-21(20)30-2)23-22-24(28)18-8-4-5-9-19(18)33-25(22)26(29)27(23)15-17-7-6-13-31-17/h4-11,13-14,23H,3,12,15H2,1-2H3. The van der Waals surface area contributed by atoms with Crippen molar-refractivity contribution in [1.29, 1.82) is 0 Å². The summed E-state index contributed by atoms with van der Waals surface area (Å²) in [6, 6.07) is 15.3. The summed E-state index contributed by atoms with van der Waals surface area (Å²) < 4.78 is 22.8. The normalized spacial score (nSPS) is 15.2. The van der Waals surface area contributed by atoms with E-state index in [0.29, 0.717) is 40.4 Å². The number of hydrogen-bond acceptors (Lipinski definition) is 6. The molecule has 7 nitrogen and oxygen atoms in total. The van der Waals surface area contributed by atoms with Crippen LogP contribution >= 0.6 is 0 Å². The highest BCUT2D eigenvalue weighted by atomic mass is 16.5. The Morgan fingerprint density at radius 3 is 2.64 bits per heavy atom. The van der Waals surface area contributed by atoms with Crippen molar-refractivity contribution in [3.05, 3.63) is 93.7 Å². The molecule has 33 heavy (non-hydrogen) atoms. The Labute approximate surface area is 190 Å². The number of furan rings is 1. The van der Waals surface area contributed by atoms with Gasteiger partial charge in [0.1, 0.15) is 11.3 Å². The molecule has 0 fully saturated rings. The molecule has 3 heterocycles. The smallest absolute Gasteiger partial charge is 0.291 e. The Morgan fingerprint density at radius 2 is 1.88 bits per heavy atom. The van der Waals surface area contributed by atoms with Gasteiger partial charge in [-0.25, -0.2) is 0 Å². The lowest BCUT2D eigenvalue weighted by atomic mass is 9.98. The van der Waals surface area contributed by atoms with Gasteiger partial charge in [0.25, 0.3) is 5.91 Å². The van der Waals surface area contributed by atoms with Gasteiger partial charge in [0.05, 0.1) is 43.5 Å². The lowest BCUT2D eigenvalue weighted by Crippen LogP contribution is -2.29. The Balaban J connectivity index is 1.68. The molecule has 1 aliphatic heterocycles. The molecule has 1 unspecified atom stereocenters. The van der Waals surface area contributed by atoms with Crippen molar-refractivity contribution in [3.8, 4) is 11.5 Å². The van der Waals surface area contributed by atoms with Crippen LogP contribution in [0.1, 0.15) is 46.8 Å². The monoisotopic (exact) mass is 445 g/mol. The third-order valence-electron chi connectivity index (χ3n) is 5.74. The minimum absolute atomic E-state index is 0.0560. The fraction of sp³-hybridized carbons (Fsp3) is 0.231. The minimum atomic E-state index is -0.660. The number of methoxy groups -OCH3 is 1. The van der Waals surface area contributed by atoms with Gasteiger partial charge in [-0.15, -0.1) is 0 Å². The quantitative estimate of drug-likeness (QED) is 0.401. The number of benzene rings is 2. The number of para-hydroxylation sites is 1. The van der Waals surface area contributed by atoms with Crippen LogP contribution in [0.4, 0.5) is 0 Å². The molecule has 0 bridgehead atoms. The zero-order valence-corrected chi connectivity index (χ0v) is 18.4. The SMILES string of the molecule is CCCOc1ccc(C2c3c(oc4ccccc4c3=O)C(=O)N2Cc2ccco2)cc1OC. The molecule has 0 spiro atoms. The van der Waals surface area contributed by atoms with Crippen molar-refractivity contribution < 1.29 is 23.1 Å². The summed E-state index contributed by atoms with van der Waals surface area (Å²) in [7, 11) is 1.56. The number of carbonyl (C=O) groups excluding carboxylic acids is 1. The predicted octanol–water partition coefficient (Wildman–Crippen LogP) is 4.93. The van der Waals surface area contributed by atoms with Gasteiger partial charge in [0.2, 0.25) is 5.76 Å². The topological polar surface area (TPSA) is 82.1 Å². The molecule has 4 aromatic rings. The van der Waals surface area contributed by atoms with Crippen LogP contribution in [-0.2, 0) is 6.54 Å². The summed E-state index contributed by atoms with van der Waals surface area (Å²) in [5, 5.41) is 0.434. The summed E-state index contributed by atoms with van der Waals surface area (Å²) in [6.07, 6.45) is 2.42. The summed E-state index contributed by atoms with van der Waals surface area (Å²) in [4.78, 5) is 28.6. The van der Waals surface area contributed by atoms with Crippen molar-refractivity contribution in [1.82, 2.24) is 4.90 Å². The van der Waals surface area contributed by atoms with E-state index >= 15 is 0 Å². The molecule has 1 aliphatic rings. The third-order valence-corrected chi connectivity index (χ3v) is 5.74. The minimum Gasteiger partial charge on any atom is -0.493 e. The van der Waals surface area contributed by atoms with Gasteiger partial charge in [-0.05, 0) is 48.4 Å². The van der Waals surface area contributed by atoms with Gasteiger partial charge < -0.3 is 23.2 Å². The molecular formula is C26H23NO6. The van der Waals surface area contributed by atoms with E-state index in [9.17, 15) is 9.59 Å². The van der Waals surface area contributed by atoms with Crippen LogP contribution in [0.2, 0.25) is 0 Å². The Kier molecular flexibility index (Phi) is 5.38. The Hall–Kier alpha value is -4.00. The van der Waals surface area contributed by atoms with Crippen molar-refractivity contribution in [2.45, 2.75) is 25.9 Å². The van der Waals surface area contributed by atoms with Crippen LogP contribution in [0.3, 0.4) is 0 Å². The van der Waals surface area contributed by atoms with Gasteiger partial charge in [-0.2, -0.15) is 0 Å². The van der Waals surface area contributed by atoms with Gasteiger partial charge in [0.15, 0.2) is 16.9 Å². The highest BCUT2D eigenvalue weighted by Crippen LogP contribution is 2.41. The van der Waals surface area contributed by atoms with Crippen molar-refractivity contribution in [3.63, 3.8) is 0 Å². The highest BCUT2D eigenvalue weighted by Gasteiger charge is 2.43.